The molecule has 0 aromatic carbocycles. The van der Waals surface area contributed by atoms with Crippen LogP contribution in [0.1, 0.15) is 32.6 Å². The van der Waals surface area contributed by atoms with E-state index in [1.54, 1.807) is 0 Å². The summed E-state index contributed by atoms with van der Waals surface area (Å²) >= 11 is 0. The van der Waals surface area contributed by atoms with Crippen LogP contribution < -0.4 is 5.32 Å². The summed E-state index contributed by atoms with van der Waals surface area (Å²) in [7, 11) is 4.30. The molecule has 1 heterocycles. The molecule has 16 heavy (non-hydrogen) atoms. The highest BCUT2D eigenvalue weighted by Crippen LogP contribution is 2.29. The maximum atomic E-state index is 3.78. The van der Waals surface area contributed by atoms with E-state index in [0.717, 1.165) is 12.1 Å². The van der Waals surface area contributed by atoms with Crippen molar-refractivity contribution in [3.63, 3.8) is 0 Å². The minimum atomic E-state index is 0.659. The third-order valence-electron chi connectivity index (χ3n) is 3.81. The Labute approximate surface area is 100 Å². The molecule has 2 fully saturated rings. The summed E-state index contributed by atoms with van der Waals surface area (Å²) < 4.78 is 0. The van der Waals surface area contributed by atoms with Crippen molar-refractivity contribution in [3.05, 3.63) is 0 Å². The summed E-state index contributed by atoms with van der Waals surface area (Å²) in [6.45, 7) is 6.12. The van der Waals surface area contributed by atoms with Crippen LogP contribution in [0.25, 0.3) is 0 Å². The normalized spacial score (nSPS) is 28.9. The smallest absolute Gasteiger partial charge is 0.0209 e. The predicted molar refractivity (Wildman–Crippen MR) is 68.8 cm³/mol. The van der Waals surface area contributed by atoms with Gasteiger partial charge < -0.3 is 10.2 Å². The second kappa shape index (κ2) is 5.48. The van der Waals surface area contributed by atoms with Crippen LogP contribution in [0.15, 0.2) is 0 Å². The fourth-order valence-electron chi connectivity index (χ4n) is 2.63. The molecule has 2 unspecified atom stereocenters. The largest absolute Gasteiger partial charge is 0.310 e. The lowest BCUT2D eigenvalue weighted by Crippen LogP contribution is -2.40. The molecule has 2 atom stereocenters. The quantitative estimate of drug-likeness (QED) is 0.732. The van der Waals surface area contributed by atoms with Crippen molar-refractivity contribution < 1.29 is 0 Å². The van der Waals surface area contributed by atoms with Crippen molar-refractivity contribution in [1.82, 2.24) is 15.1 Å². The number of likely N-dealkylation sites (tertiary alicyclic amines) is 1. The third-order valence-corrected chi connectivity index (χ3v) is 3.81. The van der Waals surface area contributed by atoms with Gasteiger partial charge in [0, 0.05) is 31.2 Å². The van der Waals surface area contributed by atoms with E-state index >= 15 is 0 Å². The van der Waals surface area contributed by atoms with Gasteiger partial charge in [-0.05, 0) is 53.2 Å². The summed E-state index contributed by atoms with van der Waals surface area (Å²) in [6, 6.07) is 2.35. The first-order valence-electron chi connectivity index (χ1n) is 6.80. The first-order chi connectivity index (χ1) is 7.65. The van der Waals surface area contributed by atoms with Crippen LogP contribution in [0.4, 0.5) is 0 Å². The van der Waals surface area contributed by atoms with Gasteiger partial charge in [0.25, 0.3) is 0 Å². The molecule has 94 valence electrons. The molecular weight excluding hydrogens is 198 g/mol. The van der Waals surface area contributed by atoms with Crippen molar-refractivity contribution in [2.24, 2.45) is 0 Å². The minimum absolute atomic E-state index is 0.659. The molecule has 1 N–H and O–H groups in total. The summed E-state index contributed by atoms with van der Waals surface area (Å²) in [5.41, 5.74) is 0. The lowest BCUT2D eigenvalue weighted by atomic mass is 10.2. The SMILES string of the molecule is CC(CCN(C)C)NC1CCN(C2CC2)C1. The molecule has 3 nitrogen and oxygen atoms in total. The van der Waals surface area contributed by atoms with Gasteiger partial charge in [-0.1, -0.05) is 0 Å². The number of hydrogen-bond donors (Lipinski definition) is 1. The molecule has 1 aliphatic carbocycles. The predicted octanol–water partition coefficient (Wildman–Crippen LogP) is 1.15. The Bertz CT molecular complexity index is 213. The fraction of sp³-hybridized carbons (Fsp3) is 1.00. The van der Waals surface area contributed by atoms with E-state index in [9.17, 15) is 0 Å². The Balaban J connectivity index is 1.61. The molecule has 1 saturated heterocycles. The van der Waals surface area contributed by atoms with E-state index in [1.165, 1.54) is 45.3 Å². The molecule has 1 saturated carbocycles. The summed E-state index contributed by atoms with van der Waals surface area (Å²) in [4.78, 5) is 4.94. The highest BCUT2D eigenvalue weighted by atomic mass is 15.2. The van der Waals surface area contributed by atoms with Gasteiger partial charge in [-0.25, -0.2) is 0 Å². The molecule has 0 bridgehead atoms. The summed E-state index contributed by atoms with van der Waals surface area (Å²) in [5, 5.41) is 3.78. The maximum absolute atomic E-state index is 3.78. The van der Waals surface area contributed by atoms with E-state index < -0.39 is 0 Å². The minimum Gasteiger partial charge on any atom is -0.310 e. The second-order valence-electron chi connectivity index (χ2n) is 5.87. The van der Waals surface area contributed by atoms with E-state index in [4.69, 9.17) is 0 Å². The Kier molecular flexibility index (Phi) is 4.22. The Morgan fingerprint density at radius 3 is 2.69 bits per heavy atom. The molecule has 0 spiro atoms. The van der Waals surface area contributed by atoms with Gasteiger partial charge in [0.05, 0.1) is 0 Å². The van der Waals surface area contributed by atoms with Crippen LogP contribution in [0.3, 0.4) is 0 Å². The Morgan fingerprint density at radius 2 is 2.06 bits per heavy atom. The van der Waals surface area contributed by atoms with Gasteiger partial charge >= 0.3 is 0 Å². The first kappa shape index (κ1) is 12.3. The number of nitrogens with zero attached hydrogens (tertiary/aromatic N) is 2. The van der Waals surface area contributed by atoms with E-state index in [1.807, 2.05) is 0 Å². The maximum Gasteiger partial charge on any atom is 0.0209 e. The van der Waals surface area contributed by atoms with E-state index in [0.29, 0.717) is 6.04 Å². The van der Waals surface area contributed by atoms with E-state index in [-0.39, 0.29) is 0 Å². The van der Waals surface area contributed by atoms with Crippen molar-refractivity contribution in [2.45, 2.75) is 50.7 Å². The van der Waals surface area contributed by atoms with Crippen molar-refractivity contribution in [3.8, 4) is 0 Å². The zero-order valence-corrected chi connectivity index (χ0v) is 11.1. The van der Waals surface area contributed by atoms with Gasteiger partial charge in [-0.15, -0.1) is 0 Å². The van der Waals surface area contributed by atoms with Gasteiger partial charge in [-0.3, -0.25) is 4.90 Å². The van der Waals surface area contributed by atoms with E-state index in [2.05, 4.69) is 36.1 Å². The Hall–Kier alpha value is -0.120. The number of nitrogens with one attached hydrogen (secondary N) is 1. The van der Waals surface area contributed by atoms with Crippen LogP contribution in [0, 0.1) is 0 Å². The molecule has 2 rings (SSSR count). The Morgan fingerprint density at radius 1 is 1.31 bits per heavy atom. The molecule has 0 aromatic rings. The molecule has 2 aliphatic rings. The lowest BCUT2D eigenvalue weighted by molar-refractivity contribution is 0.306. The first-order valence-corrected chi connectivity index (χ1v) is 6.80. The van der Waals surface area contributed by atoms with Crippen molar-refractivity contribution in [1.29, 1.82) is 0 Å². The van der Waals surface area contributed by atoms with Gasteiger partial charge in [-0.2, -0.15) is 0 Å². The van der Waals surface area contributed by atoms with Gasteiger partial charge in [0.15, 0.2) is 0 Å². The van der Waals surface area contributed by atoms with Crippen molar-refractivity contribution >= 4 is 0 Å². The monoisotopic (exact) mass is 225 g/mol. The van der Waals surface area contributed by atoms with Crippen molar-refractivity contribution in [2.75, 3.05) is 33.7 Å². The number of rotatable bonds is 6. The fourth-order valence-corrected chi connectivity index (χ4v) is 2.63. The average Bonchev–Trinajstić information content (AvgIpc) is 2.98. The van der Waals surface area contributed by atoms with Gasteiger partial charge in [0.2, 0.25) is 0 Å². The zero-order chi connectivity index (χ0) is 11.5. The third kappa shape index (κ3) is 3.72. The lowest BCUT2D eigenvalue weighted by Gasteiger charge is -2.21. The molecular formula is C13H27N3. The van der Waals surface area contributed by atoms with Crippen LogP contribution in [-0.4, -0.2) is 61.7 Å². The summed E-state index contributed by atoms with van der Waals surface area (Å²) in [6.07, 6.45) is 5.50. The molecule has 0 amide bonds. The van der Waals surface area contributed by atoms with Crippen LogP contribution in [0.2, 0.25) is 0 Å². The molecule has 1 aliphatic heterocycles. The van der Waals surface area contributed by atoms with Crippen LogP contribution in [0.5, 0.6) is 0 Å². The highest BCUT2D eigenvalue weighted by Gasteiger charge is 2.34. The van der Waals surface area contributed by atoms with Crippen LogP contribution >= 0.6 is 0 Å². The molecule has 0 radical (unpaired) electrons. The highest BCUT2D eigenvalue weighted by molar-refractivity contribution is 4.92. The summed E-state index contributed by atoms with van der Waals surface area (Å²) in [5.74, 6) is 0. The van der Waals surface area contributed by atoms with Gasteiger partial charge in [0.1, 0.15) is 0 Å². The average molecular weight is 225 g/mol. The molecule has 0 aromatic heterocycles. The second-order valence-corrected chi connectivity index (χ2v) is 5.87. The molecule has 3 heteroatoms. The standard InChI is InChI=1S/C13H27N3/c1-11(6-8-15(2)3)14-12-7-9-16(10-12)13-4-5-13/h11-14H,4-10H2,1-3H3. The topological polar surface area (TPSA) is 18.5 Å². The zero-order valence-electron chi connectivity index (χ0n) is 11.1. The number of hydrogen-bond acceptors (Lipinski definition) is 3. The van der Waals surface area contributed by atoms with Crippen LogP contribution in [-0.2, 0) is 0 Å².